The molecule has 0 radical (unpaired) electrons. The Labute approximate surface area is 159 Å². The predicted molar refractivity (Wildman–Crippen MR) is 103 cm³/mol. The van der Waals surface area contributed by atoms with Crippen LogP contribution in [0.3, 0.4) is 0 Å². The fourth-order valence-electron chi connectivity index (χ4n) is 3.14. The van der Waals surface area contributed by atoms with Crippen LogP contribution < -0.4 is 5.32 Å². The number of nitrogens with one attached hydrogen (secondary N) is 1. The Hall–Kier alpha value is -2.32. The van der Waals surface area contributed by atoms with E-state index >= 15 is 0 Å². The Morgan fingerprint density at radius 3 is 2.37 bits per heavy atom. The summed E-state index contributed by atoms with van der Waals surface area (Å²) < 4.78 is 24.5. The standard InChI is InChI=1S/C19H24N4O3S/c1-27(25,26)23-11-8-17(9-12-23)19(24)20-10-7-15-13-21-18(22-14-15)16-5-3-2-4-6-16/h2-6,13-14,17H,7-12H2,1H3,(H,20,24). The number of benzene rings is 1. The molecule has 8 heteroatoms. The maximum absolute atomic E-state index is 12.3. The van der Waals surface area contributed by atoms with Crippen LogP contribution in [0.1, 0.15) is 18.4 Å². The largest absolute Gasteiger partial charge is 0.356 e. The molecule has 1 aromatic carbocycles. The molecule has 2 heterocycles. The number of carbonyl (C=O) groups excluding carboxylic acids is 1. The minimum Gasteiger partial charge on any atom is -0.356 e. The molecule has 0 saturated carbocycles. The molecule has 0 bridgehead atoms. The summed E-state index contributed by atoms with van der Waals surface area (Å²) in [6.45, 7) is 1.33. The van der Waals surface area contributed by atoms with Crippen LogP contribution in [-0.4, -0.2) is 54.5 Å². The highest BCUT2D eigenvalue weighted by atomic mass is 32.2. The van der Waals surface area contributed by atoms with Crippen molar-refractivity contribution < 1.29 is 13.2 Å². The Balaban J connectivity index is 1.44. The van der Waals surface area contributed by atoms with Gasteiger partial charge in [0.05, 0.1) is 6.26 Å². The lowest BCUT2D eigenvalue weighted by Crippen LogP contribution is -2.42. The van der Waals surface area contributed by atoms with Crippen LogP contribution in [0, 0.1) is 5.92 Å². The van der Waals surface area contributed by atoms with Crippen LogP contribution in [0.4, 0.5) is 0 Å². The first kappa shape index (κ1) is 19.4. The average molecular weight is 388 g/mol. The second kappa shape index (κ2) is 8.58. The third kappa shape index (κ3) is 5.33. The first-order chi connectivity index (χ1) is 12.9. The minimum atomic E-state index is -3.16. The fraction of sp³-hybridized carbons (Fsp3) is 0.421. The first-order valence-corrected chi connectivity index (χ1v) is 10.9. The molecule has 2 aromatic rings. The van der Waals surface area contributed by atoms with Crippen molar-refractivity contribution >= 4 is 15.9 Å². The molecule has 1 N–H and O–H groups in total. The number of hydrogen-bond acceptors (Lipinski definition) is 5. The Morgan fingerprint density at radius 2 is 1.78 bits per heavy atom. The average Bonchev–Trinajstić information content (AvgIpc) is 2.68. The molecule has 0 aliphatic carbocycles. The van der Waals surface area contributed by atoms with E-state index in [1.807, 2.05) is 30.3 Å². The molecular weight excluding hydrogens is 364 g/mol. The Morgan fingerprint density at radius 1 is 1.15 bits per heavy atom. The molecule has 0 atom stereocenters. The molecule has 1 aromatic heterocycles. The maximum atomic E-state index is 12.3. The lowest BCUT2D eigenvalue weighted by molar-refractivity contribution is -0.126. The van der Waals surface area contributed by atoms with Crippen molar-refractivity contribution in [3.8, 4) is 11.4 Å². The topological polar surface area (TPSA) is 92.3 Å². The summed E-state index contributed by atoms with van der Waals surface area (Å²) >= 11 is 0. The Kier molecular flexibility index (Phi) is 6.18. The SMILES string of the molecule is CS(=O)(=O)N1CCC(C(=O)NCCc2cnc(-c3ccccc3)nc2)CC1. The van der Waals surface area contributed by atoms with Gasteiger partial charge in [-0.15, -0.1) is 0 Å². The highest BCUT2D eigenvalue weighted by Gasteiger charge is 2.28. The van der Waals surface area contributed by atoms with Crippen LogP contribution in [0.5, 0.6) is 0 Å². The molecule has 0 spiro atoms. The van der Waals surface area contributed by atoms with E-state index in [-0.39, 0.29) is 11.8 Å². The summed E-state index contributed by atoms with van der Waals surface area (Å²) in [6, 6.07) is 9.77. The van der Waals surface area contributed by atoms with E-state index in [4.69, 9.17) is 0 Å². The van der Waals surface area contributed by atoms with Gasteiger partial charge in [0.15, 0.2) is 5.82 Å². The summed E-state index contributed by atoms with van der Waals surface area (Å²) in [5.41, 5.74) is 1.93. The van der Waals surface area contributed by atoms with Crippen molar-refractivity contribution in [3.05, 3.63) is 48.3 Å². The van der Waals surface area contributed by atoms with Gasteiger partial charge < -0.3 is 5.32 Å². The highest BCUT2D eigenvalue weighted by molar-refractivity contribution is 7.88. The van der Waals surface area contributed by atoms with Gasteiger partial charge in [-0.3, -0.25) is 4.79 Å². The summed E-state index contributed by atoms with van der Waals surface area (Å²) in [5, 5.41) is 2.94. The minimum absolute atomic E-state index is 0.00928. The highest BCUT2D eigenvalue weighted by Crippen LogP contribution is 2.19. The number of hydrogen-bond donors (Lipinski definition) is 1. The van der Waals surface area contributed by atoms with Crippen molar-refractivity contribution in [2.45, 2.75) is 19.3 Å². The van der Waals surface area contributed by atoms with Gasteiger partial charge >= 0.3 is 0 Å². The lowest BCUT2D eigenvalue weighted by Gasteiger charge is -2.29. The number of sulfonamides is 1. The van der Waals surface area contributed by atoms with E-state index in [9.17, 15) is 13.2 Å². The van der Waals surface area contributed by atoms with E-state index in [0.29, 0.717) is 44.7 Å². The molecule has 27 heavy (non-hydrogen) atoms. The fourth-order valence-corrected chi connectivity index (χ4v) is 4.02. The monoisotopic (exact) mass is 388 g/mol. The van der Waals surface area contributed by atoms with Crippen LogP contribution in [0.2, 0.25) is 0 Å². The zero-order valence-electron chi connectivity index (χ0n) is 15.3. The lowest BCUT2D eigenvalue weighted by atomic mass is 9.97. The van der Waals surface area contributed by atoms with E-state index in [2.05, 4.69) is 15.3 Å². The molecule has 7 nitrogen and oxygen atoms in total. The van der Waals surface area contributed by atoms with Crippen LogP contribution in [0.15, 0.2) is 42.7 Å². The number of carbonyl (C=O) groups is 1. The summed E-state index contributed by atoms with van der Waals surface area (Å²) in [5.74, 6) is 0.547. The molecule has 1 fully saturated rings. The van der Waals surface area contributed by atoms with E-state index in [1.165, 1.54) is 10.6 Å². The molecule has 1 saturated heterocycles. The van der Waals surface area contributed by atoms with Crippen molar-refractivity contribution in [1.29, 1.82) is 0 Å². The normalized spacial score (nSPS) is 16.2. The quantitative estimate of drug-likeness (QED) is 0.809. The predicted octanol–water partition coefficient (Wildman–Crippen LogP) is 1.47. The van der Waals surface area contributed by atoms with Gasteiger partial charge in [-0.2, -0.15) is 0 Å². The second-order valence-corrected chi connectivity index (χ2v) is 8.74. The number of rotatable bonds is 6. The van der Waals surface area contributed by atoms with Crippen LogP contribution in [0.25, 0.3) is 11.4 Å². The molecule has 144 valence electrons. The van der Waals surface area contributed by atoms with Gasteiger partial charge in [0.1, 0.15) is 0 Å². The summed E-state index contributed by atoms with van der Waals surface area (Å²) in [6.07, 6.45) is 6.56. The third-order valence-corrected chi connectivity index (χ3v) is 6.05. The van der Waals surface area contributed by atoms with Crippen molar-refractivity contribution in [3.63, 3.8) is 0 Å². The number of piperidine rings is 1. The van der Waals surface area contributed by atoms with E-state index in [1.54, 1.807) is 12.4 Å². The first-order valence-electron chi connectivity index (χ1n) is 9.02. The van der Waals surface area contributed by atoms with Crippen molar-refractivity contribution in [2.75, 3.05) is 25.9 Å². The van der Waals surface area contributed by atoms with Gasteiger partial charge in [0.25, 0.3) is 0 Å². The maximum Gasteiger partial charge on any atom is 0.223 e. The zero-order valence-corrected chi connectivity index (χ0v) is 16.2. The summed E-state index contributed by atoms with van der Waals surface area (Å²) in [7, 11) is -3.16. The molecule has 3 rings (SSSR count). The zero-order chi connectivity index (χ0) is 19.3. The molecule has 1 amide bonds. The van der Waals surface area contributed by atoms with Crippen molar-refractivity contribution in [1.82, 2.24) is 19.6 Å². The van der Waals surface area contributed by atoms with Gasteiger partial charge in [0.2, 0.25) is 15.9 Å². The smallest absolute Gasteiger partial charge is 0.223 e. The number of aromatic nitrogens is 2. The second-order valence-electron chi connectivity index (χ2n) is 6.76. The van der Waals surface area contributed by atoms with E-state index < -0.39 is 10.0 Å². The van der Waals surface area contributed by atoms with E-state index in [0.717, 1.165) is 11.1 Å². The molecular formula is C19H24N4O3S. The number of amides is 1. The third-order valence-electron chi connectivity index (χ3n) is 4.74. The molecule has 1 aliphatic rings. The van der Waals surface area contributed by atoms with Gasteiger partial charge in [0, 0.05) is 43.5 Å². The van der Waals surface area contributed by atoms with Gasteiger partial charge in [-0.05, 0) is 24.8 Å². The van der Waals surface area contributed by atoms with Crippen LogP contribution >= 0.6 is 0 Å². The Bertz CT molecular complexity index is 862. The van der Waals surface area contributed by atoms with Crippen LogP contribution in [-0.2, 0) is 21.2 Å². The number of nitrogens with zero attached hydrogens (tertiary/aromatic N) is 3. The summed E-state index contributed by atoms with van der Waals surface area (Å²) in [4.78, 5) is 21.0. The van der Waals surface area contributed by atoms with Crippen molar-refractivity contribution in [2.24, 2.45) is 5.92 Å². The molecule has 0 unspecified atom stereocenters. The molecule has 1 aliphatic heterocycles. The van der Waals surface area contributed by atoms with Gasteiger partial charge in [-0.1, -0.05) is 30.3 Å². The van der Waals surface area contributed by atoms with Gasteiger partial charge in [-0.25, -0.2) is 22.7 Å².